The van der Waals surface area contributed by atoms with Crippen molar-refractivity contribution in [3.8, 4) is 0 Å². The first-order valence-electron chi connectivity index (χ1n) is 11.5. The molecule has 1 aliphatic carbocycles. The monoisotopic (exact) mass is 429 g/mol. The Bertz CT molecular complexity index is 1190. The summed E-state index contributed by atoms with van der Waals surface area (Å²) in [7, 11) is 0. The Morgan fingerprint density at radius 2 is 2.06 bits per heavy atom. The Balaban J connectivity index is 1.49. The quantitative estimate of drug-likeness (QED) is 0.627. The third kappa shape index (κ3) is 3.43. The van der Waals surface area contributed by atoms with Crippen LogP contribution in [-0.2, 0) is 19.4 Å². The number of rotatable bonds is 4. The van der Waals surface area contributed by atoms with Crippen LogP contribution in [-0.4, -0.2) is 37.8 Å². The summed E-state index contributed by atoms with van der Waals surface area (Å²) in [6.07, 6.45) is 14.3. The minimum atomic E-state index is -0.0446. The maximum absolute atomic E-state index is 10.0. The fourth-order valence-electron chi connectivity index (χ4n) is 5.48. The van der Waals surface area contributed by atoms with E-state index in [1.807, 2.05) is 29.8 Å². The fourth-order valence-corrected chi connectivity index (χ4v) is 5.48. The molecule has 3 aromatic rings. The summed E-state index contributed by atoms with van der Waals surface area (Å²) in [4.78, 5) is 12.1. The van der Waals surface area contributed by atoms with Gasteiger partial charge in [-0.1, -0.05) is 24.3 Å². The van der Waals surface area contributed by atoms with Crippen LogP contribution < -0.4 is 4.90 Å². The number of aryl methyl sites for hydroxylation is 1. The van der Waals surface area contributed by atoms with E-state index in [0.29, 0.717) is 5.41 Å². The number of nitrogens with zero attached hydrogens (tertiary/aromatic N) is 5. The van der Waals surface area contributed by atoms with E-state index in [-0.39, 0.29) is 6.61 Å². The summed E-state index contributed by atoms with van der Waals surface area (Å²) < 4.78 is 1.97. The van der Waals surface area contributed by atoms with Crippen LogP contribution in [0.5, 0.6) is 0 Å². The van der Waals surface area contributed by atoms with Gasteiger partial charge in [0.25, 0.3) is 0 Å². The minimum absolute atomic E-state index is 0.0446. The van der Waals surface area contributed by atoms with E-state index >= 15 is 0 Å². The molecule has 4 heterocycles. The van der Waals surface area contributed by atoms with Gasteiger partial charge in [-0.3, -0.25) is 4.98 Å². The Kier molecular flexibility index (Phi) is 5.33. The summed E-state index contributed by atoms with van der Waals surface area (Å²) >= 11 is 0. The standard InChI is InChI=1S/C26H31N5O/c1-4-5-7-18(2)23-19(3)29-25(24-21(17-32)16-28-31(23)24)30-12-9-26(10-13-30)14-20-8-6-11-27-22(20)15-26/h4-8,11,16,32H,9-10,12-15,17H2,1-3H3/b5-4-,18-7+. The second-order valence-corrected chi connectivity index (χ2v) is 9.28. The topological polar surface area (TPSA) is 66.5 Å². The van der Waals surface area contributed by atoms with Crippen LogP contribution in [0.3, 0.4) is 0 Å². The molecule has 0 bridgehead atoms. The molecular weight excluding hydrogens is 398 g/mol. The third-order valence-corrected chi connectivity index (χ3v) is 7.18. The van der Waals surface area contributed by atoms with E-state index in [2.05, 4.69) is 47.0 Å². The van der Waals surface area contributed by atoms with Crippen molar-refractivity contribution in [2.75, 3.05) is 18.0 Å². The number of hydrogen-bond donors (Lipinski definition) is 1. The fraction of sp³-hybridized carbons (Fsp3) is 0.423. The Hall–Kier alpha value is -2.99. The summed E-state index contributed by atoms with van der Waals surface area (Å²) in [6.45, 7) is 8.01. The molecule has 6 nitrogen and oxygen atoms in total. The molecule has 1 fully saturated rings. The van der Waals surface area contributed by atoms with Gasteiger partial charge in [0.1, 0.15) is 5.52 Å². The summed E-state index contributed by atoms with van der Waals surface area (Å²) in [5.41, 5.74) is 7.82. The lowest BCUT2D eigenvalue weighted by Crippen LogP contribution is -2.41. The molecular formula is C26H31N5O. The van der Waals surface area contributed by atoms with Crippen LogP contribution in [0.25, 0.3) is 11.1 Å². The molecule has 0 atom stereocenters. The van der Waals surface area contributed by atoms with Crippen molar-refractivity contribution >= 4 is 16.9 Å². The molecule has 166 valence electrons. The highest BCUT2D eigenvalue weighted by molar-refractivity contribution is 5.77. The lowest BCUT2D eigenvalue weighted by atomic mass is 9.76. The van der Waals surface area contributed by atoms with Crippen molar-refractivity contribution in [2.45, 2.75) is 53.1 Å². The van der Waals surface area contributed by atoms with Crippen molar-refractivity contribution in [3.05, 3.63) is 71.0 Å². The van der Waals surface area contributed by atoms with Gasteiger partial charge in [0.15, 0.2) is 5.82 Å². The maximum atomic E-state index is 10.0. The molecule has 1 N–H and O–H groups in total. The average molecular weight is 430 g/mol. The van der Waals surface area contributed by atoms with Crippen molar-refractivity contribution in [1.29, 1.82) is 0 Å². The number of piperidine rings is 1. The number of aromatic nitrogens is 4. The summed E-state index contributed by atoms with van der Waals surface area (Å²) in [6, 6.07) is 4.29. The van der Waals surface area contributed by atoms with Gasteiger partial charge in [0.2, 0.25) is 0 Å². The Labute approximate surface area is 189 Å². The summed E-state index contributed by atoms with van der Waals surface area (Å²) in [5.74, 6) is 0.940. The molecule has 1 aliphatic heterocycles. The molecule has 2 aliphatic rings. The number of fused-ring (bicyclic) bond motifs is 2. The number of hydrogen-bond acceptors (Lipinski definition) is 5. The third-order valence-electron chi connectivity index (χ3n) is 7.18. The van der Waals surface area contributed by atoms with Crippen LogP contribution >= 0.6 is 0 Å². The second-order valence-electron chi connectivity index (χ2n) is 9.28. The van der Waals surface area contributed by atoms with Crippen molar-refractivity contribution < 1.29 is 5.11 Å². The van der Waals surface area contributed by atoms with E-state index in [1.54, 1.807) is 6.20 Å². The smallest absolute Gasteiger partial charge is 0.155 e. The van der Waals surface area contributed by atoms with E-state index in [4.69, 9.17) is 4.98 Å². The summed E-state index contributed by atoms with van der Waals surface area (Å²) in [5, 5.41) is 14.7. The predicted octanol–water partition coefficient (Wildman–Crippen LogP) is 4.29. The van der Waals surface area contributed by atoms with Crippen LogP contribution in [0.1, 0.15) is 54.9 Å². The minimum Gasteiger partial charge on any atom is -0.392 e. The molecule has 5 rings (SSSR count). The van der Waals surface area contributed by atoms with Crippen LogP contribution in [0.2, 0.25) is 0 Å². The number of aliphatic hydroxyl groups excluding tert-OH is 1. The molecule has 0 unspecified atom stereocenters. The first-order valence-corrected chi connectivity index (χ1v) is 11.5. The highest BCUT2D eigenvalue weighted by Crippen LogP contribution is 2.45. The van der Waals surface area contributed by atoms with E-state index < -0.39 is 0 Å². The number of anilines is 1. The molecule has 0 saturated carbocycles. The van der Waals surface area contributed by atoms with Gasteiger partial charge in [-0.05, 0) is 69.1 Å². The van der Waals surface area contributed by atoms with Gasteiger partial charge >= 0.3 is 0 Å². The first-order chi connectivity index (χ1) is 15.5. The van der Waals surface area contributed by atoms with Crippen LogP contribution in [0, 0.1) is 12.3 Å². The van der Waals surface area contributed by atoms with E-state index in [1.165, 1.54) is 11.3 Å². The van der Waals surface area contributed by atoms with Gasteiger partial charge in [-0.25, -0.2) is 9.50 Å². The highest BCUT2D eigenvalue weighted by Gasteiger charge is 2.41. The largest absolute Gasteiger partial charge is 0.392 e. The van der Waals surface area contributed by atoms with E-state index in [9.17, 15) is 5.11 Å². The molecule has 0 amide bonds. The number of pyridine rings is 1. The zero-order valence-corrected chi connectivity index (χ0v) is 19.2. The van der Waals surface area contributed by atoms with E-state index in [0.717, 1.165) is 72.6 Å². The van der Waals surface area contributed by atoms with Gasteiger partial charge in [0, 0.05) is 30.5 Å². The van der Waals surface area contributed by atoms with Crippen molar-refractivity contribution in [1.82, 2.24) is 19.6 Å². The molecule has 0 aromatic carbocycles. The van der Waals surface area contributed by atoms with Crippen molar-refractivity contribution in [3.63, 3.8) is 0 Å². The maximum Gasteiger partial charge on any atom is 0.155 e. The van der Waals surface area contributed by atoms with Gasteiger partial charge in [-0.15, -0.1) is 0 Å². The molecule has 1 saturated heterocycles. The number of allylic oxidation sites excluding steroid dienone is 4. The molecule has 3 aromatic heterocycles. The lowest BCUT2D eigenvalue weighted by Gasteiger charge is -2.40. The molecule has 0 radical (unpaired) electrons. The average Bonchev–Trinajstić information content (AvgIpc) is 3.38. The predicted molar refractivity (Wildman–Crippen MR) is 128 cm³/mol. The Morgan fingerprint density at radius 1 is 1.25 bits per heavy atom. The molecule has 6 heteroatoms. The highest BCUT2D eigenvalue weighted by atomic mass is 16.3. The number of aliphatic hydroxyl groups is 1. The lowest BCUT2D eigenvalue weighted by molar-refractivity contribution is 0.231. The second kappa shape index (κ2) is 8.17. The van der Waals surface area contributed by atoms with Crippen molar-refractivity contribution in [2.24, 2.45) is 5.41 Å². The first kappa shape index (κ1) is 20.9. The zero-order chi connectivity index (χ0) is 22.3. The van der Waals surface area contributed by atoms with Crippen LogP contribution in [0.15, 0.2) is 42.8 Å². The zero-order valence-electron chi connectivity index (χ0n) is 19.2. The normalized spacial score (nSPS) is 18.2. The van der Waals surface area contributed by atoms with Crippen LogP contribution in [0.4, 0.5) is 5.82 Å². The van der Waals surface area contributed by atoms with Gasteiger partial charge in [-0.2, -0.15) is 5.10 Å². The molecule has 32 heavy (non-hydrogen) atoms. The Morgan fingerprint density at radius 3 is 2.78 bits per heavy atom. The van der Waals surface area contributed by atoms with Gasteiger partial charge < -0.3 is 10.0 Å². The molecule has 1 spiro atoms. The van der Waals surface area contributed by atoms with Gasteiger partial charge in [0.05, 0.1) is 24.2 Å². The SMILES string of the molecule is C/C=C\C=C(/C)c1c(C)nc(N2CCC3(CC2)Cc2cccnc2C3)c2c(CO)cnn12.